The number of aryl methyl sites for hydroxylation is 1. The lowest BCUT2D eigenvalue weighted by Gasteiger charge is -2.23. The van der Waals surface area contributed by atoms with Crippen LogP contribution in [0.2, 0.25) is 0 Å². The Morgan fingerprint density at radius 3 is 2.41 bits per heavy atom. The molecule has 5 heteroatoms. The molecule has 2 aromatic rings. The van der Waals surface area contributed by atoms with E-state index in [1.165, 1.54) is 5.56 Å². The van der Waals surface area contributed by atoms with E-state index in [4.69, 9.17) is 4.74 Å². The van der Waals surface area contributed by atoms with Crippen molar-refractivity contribution < 1.29 is 14.3 Å². The molecule has 0 aliphatic carbocycles. The summed E-state index contributed by atoms with van der Waals surface area (Å²) in [5, 5.41) is 0. The molecule has 0 bridgehead atoms. The molecule has 0 atom stereocenters. The Morgan fingerprint density at radius 1 is 0.926 bits per heavy atom. The van der Waals surface area contributed by atoms with Crippen LogP contribution in [0.15, 0.2) is 42.5 Å². The predicted molar refractivity (Wildman–Crippen MR) is 104 cm³/mol. The van der Waals surface area contributed by atoms with E-state index in [1.807, 2.05) is 23.1 Å². The van der Waals surface area contributed by atoms with Gasteiger partial charge in [0.1, 0.15) is 12.4 Å². The van der Waals surface area contributed by atoms with E-state index in [2.05, 4.69) is 31.2 Å². The Morgan fingerprint density at radius 2 is 1.67 bits per heavy atom. The van der Waals surface area contributed by atoms with Gasteiger partial charge in [-0.15, -0.1) is 0 Å². The molecule has 2 amide bonds. The molecule has 2 aliphatic rings. The summed E-state index contributed by atoms with van der Waals surface area (Å²) in [6, 6.07) is 14.1. The first-order chi connectivity index (χ1) is 13.1. The fourth-order valence-corrected chi connectivity index (χ4v) is 3.68. The molecule has 2 aromatic carbocycles. The Kier molecular flexibility index (Phi) is 4.84. The van der Waals surface area contributed by atoms with Crippen LogP contribution in [0.25, 0.3) is 11.1 Å². The summed E-state index contributed by atoms with van der Waals surface area (Å²) in [4.78, 5) is 28.6. The SMILES string of the molecule is Cc1ccc(-c2ccc3c(c2)C(=O)N(CCN2CCCC2=O)CCO3)cc1. The van der Waals surface area contributed by atoms with Crippen molar-refractivity contribution in [1.29, 1.82) is 0 Å². The number of rotatable bonds is 4. The summed E-state index contributed by atoms with van der Waals surface area (Å²) in [6.07, 6.45) is 1.54. The zero-order valence-corrected chi connectivity index (χ0v) is 15.6. The third kappa shape index (κ3) is 3.68. The van der Waals surface area contributed by atoms with E-state index in [-0.39, 0.29) is 11.8 Å². The summed E-state index contributed by atoms with van der Waals surface area (Å²) < 4.78 is 5.81. The average molecular weight is 364 g/mol. The molecule has 1 saturated heterocycles. The maximum absolute atomic E-state index is 13.1. The zero-order chi connectivity index (χ0) is 18.8. The highest BCUT2D eigenvalue weighted by atomic mass is 16.5. The van der Waals surface area contributed by atoms with Gasteiger partial charge in [-0.25, -0.2) is 0 Å². The maximum atomic E-state index is 13.1. The first-order valence-corrected chi connectivity index (χ1v) is 9.53. The van der Waals surface area contributed by atoms with Crippen molar-refractivity contribution >= 4 is 11.8 Å². The third-order valence-corrected chi connectivity index (χ3v) is 5.31. The van der Waals surface area contributed by atoms with Crippen LogP contribution >= 0.6 is 0 Å². The van der Waals surface area contributed by atoms with E-state index in [9.17, 15) is 9.59 Å². The number of carbonyl (C=O) groups excluding carboxylic acids is 2. The van der Waals surface area contributed by atoms with Gasteiger partial charge < -0.3 is 14.5 Å². The molecule has 1 fully saturated rings. The normalized spacial score (nSPS) is 16.9. The molecule has 0 saturated carbocycles. The number of likely N-dealkylation sites (tertiary alicyclic amines) is 1. The molecule has 5 nitrogen and oxygen atoms in total. The lowest BCUT2D eigenvalue weighted by Crippen LogP contribution is -2.40. The molecule has 0 unspecified atom stereocenters. The molecule has 2 heterocycles. The number of hydrogen-bond donors (Lipinski definition) is 0. The predicted octanol–water partition coefficient (Wildman–Crippen LogP) is 3.12. The monoisotopic (exact) mass is 364 g/mol. The minimum atomic E-state index is -0.0249. The van der Waals surface area contributed by atoms with Gasteiger partial charge in [-0.05, 0) is 36.6 Å². The van der Waals surface area contributed by atoms with Crippen molar-refractivity contribution in [3.8, 4) is 16.9 Å². The maximum Gasteiger partial charge on any atom is 0.257 e. The molecule has 0 spiro atoms. The van der Waals surface area contributed by atoms with Gasteiger partial charge in [-0.3, -0.25) is 9.59 Å². The fraction of sp³-hybridized carbons (Fsp3) is 0.364. The lowest BCUT2D eigenvalue weighted by atomic mass is 10.0. The van der Waals surface area contributed by atoms with Crippen LogP contribution in [-0.2, 0) is 4.79 Å². The number of nitrogens with zero attached hydrogens (tertiary/aromatic N) is 2. The zero-order valence-electron chi connectivity index (χ0n) is 15.6. The van der Waals surface area contributed by atoms with Crippen LogP contribution in [0.5, 0.6) is 5.75 Å². The Labute approximate surface area is 159 Å². The van der Waals surface area contributed by atoms with Crippen LogP contribution in [0, 0.1) is 6.92 Å². The van der Waals surface area contributed by atoms with Crippen molar-refractivity contribution in [2.45, 2.75) is 19.8 Å². The minimum Gasteiger partial charge on any atom is -0.491 e. The Hall–Kier alpha value is -2.82. The Bertz CT molecular complexity index is 860. The van der Waals surface area contributed by atoms with Crippen molar-refractivity contribution in [2.24, 2.45) is 0 Å². The van der Waals surface area contributed by atoms with Crippen molar-refractivity contribution in [3.63, 3.8) is 0 Å². The first-order valence-electron chi connectivity index (χ1n) is 9.53. The topological polar surface area (TPSA) is 49.9 Å². The second kappa shape index (κ2) is 7.43. The summed E-state index contributed by atoms with van der Waals surface area (Å²) in [5.74, 6) is 0.800. The van der Waals surface area contributed by atoms with Crippen LogP contribution in [0.1, 0.15) is 28.8 Å². The van der Waals surface area contributed by atoms with Gasteiger partial charge >= 0.3 is 0 Å². The van der Waals surface area contributed by atoms with E-state index in [0.29, 0.717) is 44.0 Å². The molecule has 0 aromatic heterocycles. The van der Waals surface area contributed by atoms with Gasteiger partial charge in [0.05, 0.1) is 12.1 Å². The Balaban J connectivity index is 1.55. The first kappa shape index (κ1) is 17.6. The molecule has 0 radical (unpaired) electrons. The number of benzene rings is 2. The fourth-order valence-electron chi connectivity index (χ4n) is 3.68. The third-order valence-electron chi connectivity index (χ3n) is 5.31. The average Bonchev–Trinajstić information content (AvgIpc) is 3.02. The molecule has 140 valence electrons. The quantitative estimate of drug-likeness (QED) is 0.838. The van der Waals surface area contributed by atoms with E-state index < -0.39 is 0 Å². The van der Waals surface area contributed by atoms with Gasteiger partial charge in [0, 0.05) is 26.1 Å². The highest BCUT2D eigenvalue weighted by Gasteiger charge is 2.26. The second-order valence-corrected chi connectivity index (χ2v) is 7.20. The van der Waals surface area contributed by atoms with E-state index >= 15 is 0 Å². The largest absolute Gasteiger partial charge is 0.491 e. The van der Waals surface area contributed by atoms with E-state index in [1.54, 1.807) is 4.90 Å². The number of hydrogen-bond acceptors (Lipinski definition) is 3. The molecule has 4 rings (SSSR count). The molecular formula is C22H24N2O3. The van der Waals surface area contributed by atoms with Crippen molar-refractivity contribution in [2.75, 3.05) is 32.8 Å². The van der Waals surface area contributed by atoms with Gasteiger partial charge in [0.25, 0.3) is 5.91 Å². The van der Waals surface area contributed by atoms with Gasteiger partial charge in [-0.2, -0.15) is 0 Å². The standard InChI is InChI=1S/C22H24N2O3/c1-16-4-6-17(7-5-16)18-8-9-20-19(15-18)22(26)24(13-14-27-20)12-11-23-10-2-3-21(23)25/h4-9,15H,2-3,10-14H2,1H3. The molecule has 0 N–H and O–H groups in total. The number of amides is 2. The summed E-state index contributed by atoms with van der Waals surface area (Å²) in [6.45, 7) is 5.00. The second-order valence-electron chi connectivity index (χ2n) is 7.20. The smallest absolute Gasteiger partial charge is 0.257 e. The van der Waals surface area contributed by atoms with Gasteiger partial charge in [0.2, 0.25) is 5.91 Å². The lowest BCUT2D eigenvalue weighted by molar-refractivity contribution is -0.127. The van der Waals surface area contributed by atoms with Crippen LogP contribution in [0.3, 0.4) is 0 Å². The molecular weight excluding hydrogens is 340 g/mol. The van der Waals surface area contributed by atoms with E-state index in [0.717, 1.165) is 24.1 Å². The van der Waals surface area contributed by atoms with Crippen molar-refractivity contribution in [3.05, 3.63) is 53.6 Å². The van der Waals surface area contributed by atoms with Crippen LogP contribution in [-0.4, -0.2) is 54.4 Å². The van der Waals surface area contributed by atoms with Gasteiger partial charge in [-0.1, -0.05) is 35.9 Å². The highest BCUT2D eigenvalue weighted by molar-refractivity contribution is 5.98. The highest BCUT2D eigenvalue weighted by Crippen LogP contribution is 2.29. The molecule has 27 heavy (non-hydrogen) atoms. The number of fused-ring (bicyclic) bond motifs is 1. The summed E-state index contributed by atoms with van der Waals surface area (Å²) >= 11 is 0. The summed E-state index contributed by atoms with van der Waals surface area (Å²) in [5.41, 5.74) is 3.88. The number of ether oxygens (including phenoxy) is 1. The summed E-state index contributed by atoms with van der Waals surface area (Å²) in [7, 11) is 0. The van der Waals surface area contributed by atoms with Crippen LogP contribution < -0.4 is 4.74 Å². The molecule has 2 aliphatic heterocycles. The van der Waals surface area contributed by atoms with Crippen LogP contribution in [0.4, 0.5) is 0 Å². The van der Waals surface area contributed by atoms with Crippen molar-refractivity contribution in [1.82, 2.24) is 9.80 Å². The van der Waals surface area contributed by atoms with Gasteiger partial charge in [0.15, 0.2) is 0 Å². The minimum absolute atomic E-state index is 0.0249. The number of carbonyl (C=O) groups is 2.